The SMILES string of the molecule is CC/C=C\C/C=C\C/C=C\C/C=C\C/C=C\C/C=C\C/C=C\CCCCCC(=O)OCC(COC(=O)CCCCCCCCCCC)OC(=O)CCCCCCC/C=C\CCCCCC. The van der Waals surface area contributed by atoms with E-state index in [1.807, 2.05) is 0 Å². The second-order valence-electron chi connectivity index (χ2n) is 17.4. The van der Waals surface area contributed by atoms with E-state index in [1.54, 1.807) is 0 Å². The monoisotopic (exact) mass is 903 g/mol. The topological polar surface area (TPSA) is 78.9 Å². The normalized spacial score (nSPS) is 12.8. The van der Waals surface area contributed by atoms with Crippen molar-refractivity contribution in [2.75, 3.05) is 13.2 Å². The van der Waals surface area contributed by atoms with Gasteiger partial charge in [0.05, 0.1) is 0 Å². The van der Waals surface area contributed by atoms with Crippen molar-refractivity contribution < 1.29 is 28.6 Å². The fourth-order valence-corrected chi connectivity index (χ4v) is 7.06. The molecule has 0 aromatic carbocycles. The molecular formula is C59H98O6. The Morgan fingerprint density at radius 1 is 0.323 bits per heavy atom. The Bertz CT molecular complexity index is 1310. The lowest BCUT2D eigenvalue weighted by atomic mass is 10.1. The van der Waals surface area contributed by atoms with Gasteiger partial charge in [0.2, 0.25) is 0 Å². The van der Waals surface area contributed by atoms with Crippen molar-refractivity contribution in [3.05, 3.63) is 97.2 Å². The molecular weight excluding hydrogens is 805 g/mol. The maximum Gasteiger partial charge on any atom is 0.306 e. The molecule has 0 saturated heterocycles. The van der Waals surface area contributed by atoms with Crippen LogP contribution < -0.4 is 0 Å². The summed E-state index contributed by atoms with van der Waals surface area (Å²) in [5.74, 6) is -0.939. The van der Waals surface area contributed by atoms with Gasteiger partial charge in [-0.3, -0.25) is 14.4 Å². The van der Waals surface area contributed by atoms with E-state index < -0.39 is 6.10 Å². The number of esters is 3. The third-order valence-corrected chi connectivity index (χ3v) is 11.1. The number of hydrogen-bond donors (Lipinski definition) is 0. The Balaban J connectivity index is 4.35. The molecule has 0 aliphatic carbocycles. The standard InChI is InChI=1S/C59H98O6/c1-4-7-10-13-16-19-21-23-24-25-26-27-28-29-30-31-32-33-34-36-37-40-43-46-49-52-58(61)64-55-56(54-63-57(60)51-48-45-42-39-18-15-12-9-6-3)65-59(62)53-50-47-44-41-38-35-22-20-17-14-11-8-5-2/h7,10,16,19-20,22-24,26-27,29-30,32-33,36-37,56H,4-6,8-9,11-15,17-18,21,25,28,31,34-35,38-55H2,1-3H3/b10-7-,19-16-,22-20-,24-23-,27-26-,30-29-,33-32-,37-36-. The summed E-state index contributed by atoms with van der Waals surface area (Å²) in [4.78, 5) is 37.9. The van der Waals surface area contributed by atoms with E-state index in [-0.39, 0.29) is 31.1 Å². The first-order valence-corrected chi connectivity index (χ1v) is 26.7. The third kappa shape index (κ3) is 51.2. The fourth-order valence-electron chi connectivity index (χ4n) is 7.06. The van der Waals surface area contributed by atoms with Crippen LogP contribution in [-0.4, -0.2) is 37.2 Å². The average Bonchev–Trinajstić information content (AvgIpc) is 3.30. The van der Waals surface area contributed by atoms with E-state index in [1.165, 1.54) is 77.0 Å². The van der Waals surface area contributed by atoms with Crippen molar-refractivity contribution in [1.82, 2.24) is 0 Å². The molecule has 0 spiro atoms. The number of carbonyl (C=O) groups excluding carboxylic acids is 3. The van der Waals surface area contributed by atoms with Crippen LogP contribution in [0.5, 0.6) is 0 Å². The summed E-state index contributed by atoms with van der Waals surface area (Å²) in [6.45, 7) is 6.44. The van der Waals surface area contributed by atoms with Gasteiger partial charge >= 0.3 is 17.9 Å². The summed E-state index contributed by atoms with van der Waals surface area (Å²) in [5, 5.41) is 0. The first-order chi connectivity index (χ1) is 32.0. The molecule has 0 saturated carbocycles. The Kier molecular flexibility index (Phi) is 50.0. The molecule has 6 nitrogen and oxygen atoms in total. The van der Waals surface area contributed by atoms with Gasteiger partial charge in [0.15, 0.2) is 6.10 Å². The van der Waals surface area contributed by atoms with Crippen molar-refractivity contribution >= 4 is 17.9 Å². The molecule has 0 radical (unpaired) electrons. The smallest absolute Gasteiger partial charge is 0.306 e. The van der Waals surface area contributed by atoms with E-state index in [0.717, 1.165) is 122 Å². The van der Waals surface area contributed by atoms with Gasteiger partial charge in [0, 0.05) is 19.3 Å². The number of unbranched alkanes of at least 4 members (excludes halogenated alkanes) is 20. The number of hydrogen-bond acceptors (Lipinski definition) is 6. The number of carbonyl (C=O) groups is 3. The zero-order valence-corrected chi connectivity index (χ0v) is 42.2. The van der Waals surface area contributed by atoms with Crippen LogP contribution >= 0.6 is 0 Å². The lowest BCUT2D eigenvalue weighted by Crippen LogP contribution is -2.30. The predicted molar refractivity (Wildman–Crippen MR) is 279 cm³/mol. The van der Waals surface area contributed by atoms with E-state index in [2.05, 4.69) is 118 Å². The van der Waals surface area contributed by atoms with E-state index in [4.69, 9.17) is 14.2 Å². The highest BCUT2D eigenvalue weighted by atomic mass is 16.6. The molecule has 0 N–H and O–H groups in total. The molecule has 0 amide bonds. The van der Waals surface area contributed by atoms with Crippen molar-refractivity contribution in [1.29, 1.82) is 0 Å². The number of allylic oxidation sites excluding steroid dienone is 16. The maximum atomic E-state index is 12.8. The Morgan fingerprint density at radius 3 is 0.985 bits per heavy atom. The Morgan fingerprint density at radius 2 is 0.600 bits per heavy atom. The Labute approximate surface area is 400 Å². The molecule has 0 aliphatic rings. The summed E-state index contributed by atoms with van der Waals surface area (Å²) in [6, 6.07) is 0. The quantitative estimate of drug-likeness (QED) is 0.0262. The zero-order valence-electron chi connectivity index (χ0n) is 42.2. The van der Waals surface area contributed by atoms with Crippen LogP contribution in [0, 0.1) is 0 Å². The van der Waals surface area contributed by atoms with Crippen LogP contribution in [0.2, 0.25) is 0 Å². The van der Waals surface area contributed by atoms with Crippen molar-refractivity contribution in [2.45, 2.75) is 245 Å². The number of ether oxygens (including phenoxy) is 3. The minimum Gasteiger partial charge on any atom is -0.462 e. The van der Waals surface area contributed by atoms with Gasteiger partial charge in [-0.2, -0.15) is 0 Å². The average molecular weight is 903 g/mol. The third-order valence-electron chi connectivity index (χ3n) is 11.1. The molecule has 0 aliphatic heterocycles. The van der Waals surface area contributed by atoms with Gasteiger partial charge in [-0.15, -0.1) is 0 Å². The number of rotatable bonds is 47. The molecule has 0 fully saturated rings. The molecule has 0 rings (SSSR count). The largest absolute Gasteiger partial charge is 0.462 e. The van der Waals surface area contributed by atoms with Crippen LogP contribution in [0.15, 0.2) is 97.2 Å². The van der Waals surface area contributed by atoms with Crippen LogP contribution in [0.1, 0.15) is 239 Å². The second-order valence-corrected chi connectivity index (χ2v) is 17.4. The van der Waals surface area contributed by atoms with Crippen LogP contribution in [0.25, 0.3) is 0 Å². The summed E-state index contributed by atoms with van der Waals surface area (Å²) in [5.41, 5.74) is 0. The van der Waals surface area contributed by atoms with Gasteiger partial charge in [-0.05, 0) is 103 Å². The van der Waals surface area contributed by atoms with Gasteiger partial charge in [0.25, 0.3) is 0 Å². The molecule has 0 heterocycles. The van der Waals surface area contributed by atoms with Crippen LogP contribution in [0.3, 0.4) is 0 Å². The first kappa shape index (κ1) is 61.3. The van der Waals surface area contributed by atoms with E-state index in [0.29, 0.717) is 19.3 Å². The lowest BCUT2D eigenvalue weighted by molar-refractivity contribution is -0.167. The molecule has 6 heteroatoms. The summed E-state index contributed by atoms with van der Waals surface area (Å²) in [6.07, 6.45) is 69.7. The predicted octanol–water partition coefficient (Wildman–Crippen LogP) is 17.8. The molecule has 65 heavy (non-hydrogen) atoms. The highest BCUT2D eigenvalue weighted by molar-refractivity contribution is 5.71. The zero-order chi connectivity index (χ0) is 47.2. The lowest BCUT2D eigenvalue weighted by Gasteiger charge is -2.18. The molecule has 1 unspecified atom stereocenters. The summed E-state index contributed by atoms with van der Waals surface area (Å²) in [7, 11) is 0. The van der Waals surface area contributed by atoms with Gasteiger partial charge in [0.1, 0.15) is 13.2 Å². The highest BCUT2D eigenvalue weighted by Gasteiger charge is 2.19. The van der Waals surface area contributed by atoms with Crippen molar-refractivity contribution in [2.24, 2.45) is 0 Å². The maximum absolute atomic E-state index is 12.8. The van der Waals surface area contributed by atoms with Crippen LogP contribution in [0.4, 0.5) is 0 Å². The molecule has 1 atom stereocenters. The van der Waals surface area contributed by atoms with Gasteiger partial charge < -0.3 is 14.2 Å². The summed E-state index contributed by atoms with van der Waals surface area (Å²) >= 11 is 0. The van der Waals surface area contributed by atoms with Gasteiger partial charge in [-0.1, -0.05) is 214 Å². The fraction of sp³-hybridized carbons (Fsp3) is 0.678. The van der Waals surface area contributed by atoms with Crippen LogP contribution in [-0.2, 0) is 28.6 Å². The van der Waals surface area contributed by atoms with Gasteiger partial charge in [-0.25, -0.2) is 0 Å². The molecule has 0 aromatic rings. The van der Waals surface area contributed by atoms with E-state index >= 15 is 0 Å². The molecule has 0 aromatic heterocycles. The van der Waals surface area contributed by atoms with E-state index in [9.17, 15) is 14.4 Å². The molecule has 370 valence electrons. The highest BCUT2D eigenvalue weighted by Crippen LogP contribution is 2.13. The summed E-state index contributed by atoms with van der Waals surface area (Å²) < 4.78 is 16.7. The minimum absolute atomic E-state index is 0.0910. The first-order valence-electron chi connectivity index (χ1n) is 26.7. The van der Waals surface area contributed by atoms with Crippen molar-refractivity contribution in [3.8, 4) is 0 Å². The molecule has 0 bridgehead atoms. The van der Waals surface area contributed by atoms with Crippen molar-refractivity contribution in [3.63, 3.8) is 0 Å². The second kappa shape index (κ2) is 52.9. The Hall–Kier alpha value is -3.67. The minimum atomic E-state index is -0.793.